The van der Waals surface area contributed by atoms with Gasteiger partial charge in [0, 0.05) is 16.7 Å². The highest BCUT2D eigenvalue weighted by Crippen LogP contribution is 2.25. The molecule has 0 unspecified atom stereocenters. The lowest BCUT2D eigenvalue weighted by molar-refractivity contribution is -0.139. The van der Waals surface area contributed by atoms with E-state index in [9.17, 15) is 18.0 Å². The van der Waals surface area contributed by atoms with Crippen molar-refractivity contribution in [1.82, 2.24) is 10.2 Å². The molecule has 9 heteroatoms. The molecular formula is C30H36IN3O4S. The molecule has 1 atom stereocenters. The van der Waals surface area contributed by atoms with Gasteiger partial charge in [-0.3, -0.25) is 13.9 Å². The molecule has 0 fully saturated rings. The monoisotopic (exact) mass is 661 g/mol. The predicted molar refractivity (Wildman–Crippen MR) is 164 cm³/mol. The first-order chi connectivity index (χ1) is 18.8. The SMILES string of the molecule is CCCCNC(=O)[C@H](CC)N(CCc1ccccc1)C(=O)CN(c1ccc(I)cc1)S(=O)(=O)c1ccccc1. The van der Waals surface area contributed by atoms with Crippen LogP contribution in [0.4, 0.5) is 5.69 Å². The van der Waals surface area contributed by atoms with Gasteiger partial charge in [-0.2, -0.15) is 0 Å². The molecule has 0 radical (unpaired) electrons. The van der Waals surface area contributed by atoms with Crippen LogP contribution < -0.4 is 9.62 Å². The molecule has 0 bridgehead atoms. The summed E-state index contributed by atoms with van der Waals surface area (Å²) in [6.45, 7) is 4.31. The number of unbranched alkanes of at least 4 members (excludes halogenated alkanes) is 1. The van der Waals surface area contributed by atoms with Crippen LogP contribution in [0.3, 0.4) is 0 Å². The first kappa shape index (κ1) is 30.6. The van der Waals surface area contributed by atoms with E-state index in [0.717, 1.165) is 26.3 Å². The smallest absolute Gasteiger partial charge is 0.264 e. The third kappa shape index (κ3) is 8.53. The number of halogens is 1. The van der Waals surface area contributed by atoms with Gasteiger partial charge >= 0.3 is 0 Å². The minimum atomic E-state index is -4.05. The summed E-state index contributed by atoms with van der Waals surface area (Å²) < 4.78 is 29.6. The van der Waals surface area contributed by atoms with Crippen molar-refractivity contribution in [2.45, 2.75) is 50.5 Å². The molecule has 3 aromatic carbocycles. The lowest BCUT2D eigenvalue weighted by atomic mass is 10.1. The lowest BCUT2D eigenvalue weighted by Gasteiger charge is -2.33. The first-order valence-corrected chi connectivity index (χ1v) is 15.7. The molecule has 0 spiro atoms. The molecule has 3 rings (SSSR count). The van der Waals surface area contributed by atoms with Crippen LogP contribution in [0.2, 0.25) is 0 Å². The van der Waals surface area contributed by atoms with Crippen LogP contribution in [0.15, 0.2) is 89.8 Å². The average molecular weight is 662 g/mol. The van der Waals surface area contributed by atoms with Gasteiger partial charge in [0.2, 0.25) is 11.8 Å². The number of hydrogen-bond donors (Lipinski definition) is 1. The molecule has 2 amide bonds. The molecule has 0 heterocycles. The zero-order chi connectivity index (χ0) is 28.3. The van der Waals surface area contributed by atoms with Crippen molar-refractivity contribution in [1.29, 1.82) is 0 Å². The first-order valence-electron chi connectivity index (χ1n) is 13.2. The minimum Gasteiger partial charge on any atom is -0.354 e. The van der Waals surface area contributed by atoms with E-state index in [1.165, 1.54) is 17.0 Å². The number of sulfonamides is 1. The number of amides is 2. The number of nitrogens with one attached hydrogen (secondary N) is 1. The van der Waals surface area contributed by atoms with E-state index in [1.54, 1.807) is 42.5 Å². The van der Waals surface area contributed by atoms with Crippen LogP contribution in [0.1, 0.15) is 38.7 Å². The molecule has 0 saturated carbocycles. The van der Waals surface area contributed by atoms with E-state index < -0.39 is 28.5 Å². The molecule has 208 valence electrons. The number of carbonyl (C=O) groups is 2. The predicted octanol–water partition coefficient (Wildman–Crippen LogP) is 5.25. The maximum Gasteiger partial charge on any atom is 0.264 e. The maximum absolute atomic E-state index is 14.0. The third-order valence-corrected chi connectivity index (χ3v) is 8.93. The molecule has 0 aromatic heterocycles. The maximum atomic E-state index is 14.0. The largest absolute Gasteiger partial charge is 0.354 e. The van der Waals surface area contributed by atoms with E-state index in [-0.39, 0.29) is 17.3 Å². The summed E-state index contributed by atoms with van der Waals surface area (Å²) in [4.78, 5) is 28.8. The quantitative estimate of drug-likeness (QED) is 0.189. The van der Waals surface area contributed by atoms with Crippen LogP contribution in [-0.2, 0) is 26.0 Å². The molecule has 0 aliphatic carbocycles. The van der Waals surface area contributed by atoms with Crippen molar-refractivity contribution < 1.29 is 18.0 Å². The number of anilines is 1. The normalized spacial score (nSPS) is 12.0. The second kappa shape index (κ2) is 15.0. The van der Waals surface area contributed by atoms with Crippen molar-refractivity contribution >= 4 is 50.1 Å². The van der Waals surface area contributed by atoms with Gasteiger partial charge in [-0.25, -0.2) is 8.42 Å². The number of hydrogen-bond acceptors (Lipinski definition) is 4. The number of carbonyl (C=O) groups excluding carboxylic acids is 2. The van der Waals surface area contributed by atoms with Crippen LogP contribution in [-0.4, -0.2) is 50.8 Å². The van der Waals surface area contributed by atoms with Gasteiger partial charge in [0.15, 0.2) is 0 Å². The summed E-state index contributed by atoms with van der Waals surface area (Å²) in [6.07, 6.45) is 2.74. The van der Waals surface area contributed by atoms with Gasteiger partial charge in [-0.1, -0.05) is 68.8 Å². The molecule has 3 aromatic rings. The van der Waals surface area contributed by atoms with Gasteiger partial charge in [-0.05, 0) is 83.8 Å². The Hall–Kier alpha value is -2.92. The number of benzene rings is 3. The van der Waals surface area contributed by atoms with Gasteiger partial charge in [-0.15, -0.1) is 0 Å². The molecule has 0 aliphatic rings. The van der Waals surface area contributed by atoms with E-state index in [4.69, 9.17) is 0 Å². The van der Waals surface area contributed by atoms with Crippen molar-refractivity contribution in [3.05, 3.63) is 94.1 Å². The fraction of sp³-hybridized carbons (Fsp3) is 0.333. The molecule has 7 nitrogen and oxygen atoms in total. The Morgan fingerprint density at radius 3 is 2.10 bits per heavy atom. The highest BCUT2D eigenvalue weighted by Gasteiger charge is 2.33. The molecule has 0 aliphatic heterocycles. The van der Waals surface area contributed by atoms with Crippen molar-refractivity contribution in [2.75, 3.05) is 23.9 Å². The second-order valence-electron chi connectivity index (χ2n) is 9.19. The van der Waals surface area contributed by atoms with Gasteiger partial charge < -0.3 is 10.2 Å². The highest BCUT2D eigenvalue weighted by atomic mass is 127. The Balaban J connectivity index is 1.96. The minimum absolute atomic E-state index is 0.0940. The zero-order valence-electron chi connectivity index (χ0n) is 22.4. The number of nitrogens with zero attached hydrogens (tertiary/aromatic N) is 2. The van der Waals surface area contributed by atoms with Crippen LogP contribution in [0.25, 0.3) is 0 Å². The lowest BCUT2D eigenvalue weighted by Crippen LogP contribution is -2.53. The van der Waals surface area contributed by atoms with Gasteiger partial charge in [0.25, 0.3) is 10.0 Å². The summed E-state index contributed by atoms with van der Waals surface area (Å²) in [5.41, 5.74) is 1.42. The molecule has 0 saturated heterocycles. The van der Waals surface area contributed by atoms with E-state index in [1.807, 2.05) is 44.2 Å². The van der Waals surface area contributed by atoms with E-state index >= 15 is 0 Å². The molecule has 39 heavy (non-hydrogen) atoms. The number of rotatable bonds is 14. The molecule has 1 N–H and O–H groups in total. The van der Waals surface area contributed by atoms with Crippen LogP contribution in [0, 0.1) is 3.57 Å². The Labute approximate surface area is 245 Å². The average Bonchev–Trinajstić information content (AvgIpc) is 2.95. The summed E-state index contributed by atoms with van der Waals surface area (Å²) in [7, 11) is -4.05. The topological polar surface area (TPSA) is 86.8 Å². The molecular weight excluding hydrogens is 625 g/mol. The fourth-order valence-corrected chi connectivity index (χ4v) is 6.05. The second-order valence-corrected chi connectivity index (χ2v) is 12.3. The van der Waals surface area contributed by atoms with Crippen molar-refractivity contribution in [3.63, 3.8) is 0 Å². The van der Waals surface area contributed by atoms with Crippen LogP contribution >= 0.6 is 22.6 Å². The van der Waals surface area contributed by atoms with E-state index in [2.05, 4.69) is 27.9 Å². The summed E-state index contributed by atoms with van der Waals surface area (Å²) in [6, 6.07) is 24.1. The standard InChI is InChI=1S/C30H36IN3O4S/c1-3-5-21-32-30(36)28(4-2)33(22-20-24-12-8-6-9-13-24)29(35)23-34(26-18-16-25(31)17-19-26)39(37,38)27-14-10-7-11-15-27/h6-19,28H,3-5,20-23H2,1-2H3,(H,32,36)/t28-/m0/s1. The fourth-order valence-electron chi connectivity index (χ4n) is 4.26. The van der Waals surface area contributed by atoms with Gasteiger partial charge in [0.05, 0.1) is 10.6 Å². The Morgan fingerprint density at radius 2 is 1.51 bits per heavy atom. The van der Waals surface area contributed by atoms with Crippen molar-refractivity contribution in [3.8, 4) is 0 Å². The third-order valence-electron chi connectivity index (χ3n) is 6.42. The summed E-state index contributed by atoms with van der Waals surface area (Å²) >= 11 is 2.15. The summed E-state index contributed by atoms with van der Waals surface area (Å²) in [5.74, 6) is -0.652. The Bertz CT molecular complexity index is 1300. The summed E-state index contributed by atoms with van der Waals surface area (Å²) in [5, 5.41) is 2.95. The van der Waals surface area contributed by atoms with Crippen LogP contribution in [0.5, 0.6) is 0 Å². The Kier molecular flexibility index (Phi) is 11.8. The van der Waals surface area contributed by atoms with E-state index in [0.29, 0.717) is 25.1 Å². The Morgan fingerprint density at radius 1 is 0.897 bits per heavy atom. The zero-order valence-corrected chi connectivity index (χ0v) is 25.4. The van der Waals surface area contributed by atoms with Crippen molar-refractivity contribution in [2.24, 2.45) is 0 Å². The highest BCUT2D eigenvalue weighted by molar-refractivity contribution is 14.1. The van der Waals surface area contributed by atoms with Gasteiger partial charge in [0.1, 0.15) is 12.6 Å².